The number of fused-ring (bicyclic) bond motifs is 3. The van der Waals surface area contributed by atoms with E-state index >= 15 is 0 Å². The van der Waals surface area contributed by atoms with Crippen molar-refractivity contribution in [2.75, 3.05) is 14.1 Å². The molecule has 0 saturated heterocycles. The molecular formula is C45H41N3. The first-order valence-corrected chi connectivity index (χ1v) is 16.2. The zero-order valence-corrected chi connectivity index (χ0v) is 27.6. The number of benzene rings is 5. The lowest BCUT2D eigenvalue weighted by molar-refractivity contribution is 0.634. The molecule has 3 N–H and O–H groups in total. The summed E-state index contributed by atoms with van der Waals surface area (Å²) in [6.45, 7) is 8.58. The number of nitrogens with two attached hydrogens (primary N) is 1. The highest BCUT2D eigenvalue weighted by molar-refractivity contribution is 6.06. The Morgan fingerprint density at radius 2 is 1.21 bits per heavy atom. The number of hydrogen-bond donors (Lipinski definition) is 2. The van der Waals surface area contributed by atoms with Gasteiger partial charge in [0.1, 0.15) is 0 Å². The maximum Gasteiger partial charge on any atom is 0.0527 e. The van der Waals surface area contributed by atoms with E-state index in [1.807, 2.05) is 55.4 Å². The first-order chi connectivity index (χ1) is 23.4. The van der Waals surface area contributed by atoms with Gasteiger partial charge in [-0.1, -0.05) is 147 Å². The minimum atomic E-state index is 0.153. The lowest BCUT2D eigenvalue weighted by Crippen LogP contribution is -2.27. The molecule has 3 nitrogen and oxygen atoms in total. The minimum Gasteiger partial charge on any atom is -0.398 e. The fourth-order valence-electron chi connectivity index (χ4n) is 6.03. The van der Waals surface area contributed by atoms with Crippen LogP contribution in [-0.4, -0.2) is 25.0 Å². The minimum absolute atomic E-state index is 0.153. The van der Waals surface area contributed by atoms with Crippen LogP contribution in [0.3, 0.4) is 0 Å². The summed E-state index contributed by atoms with van der Waals surface area (Å²) in [4.78, 5) is 2.05. The van der Waals surface area contributed by atoms with E-state index in [4.69, 9.17) is 5.73 Å². The second kappa shape index (κ2) is 14.7. The molecule has 0 fully saturated rings. The number of nitrogens with one attached hydrogen (secondary N) is 1. The molecule has 3 heteroatoms. The third-order valence-electron chi connectivity index (χ3n) is 8.84. The summed E-state index contributed by atoms with van der Waals surface area (Å²) in [7, 11) is 3.98. The van der Waals surface area contributed by atoms with Gasteiger partial charge in [0.15, 0.2) is 0 Å². The second-order valence-corrected chi connectivity index (χ2v) is 11.9. The summed E-state index contributed by atoms with van der Waals surface area (Å²) in [5.74, 6) is 0. The van der Waals surface area contributed by atoms with Crippen molar-refractivity contribution in [3.8, 4) is 11.1 Å². The van der Waals surface area contributed by atoms with Crippen molar-refractivity contribution in [1.82, 2.24) is 10.2 Å². The van der Waals surface area contributed by atoms with Crippen molar-refractivity contribution in [3.63, 3.8) is 0 Å². The van der Waals surface area contributed by atoms with Crippen LogP contribution in [0.25, 0.3) is 50.9 Å². The van der Waals surface area contributed by atoms with E-state index in [-0.39, 0.29) is 6.04 Å². The Balaban J connectivity index is 0.000000170. The van der Waals surface area contributed by atoms with E-state index in [1.54, 1.807) is 0 Å². The maximum absolute atomic E-state index is 6.45. The molecule has 236 valence electrons. The molecule has 1 heterocycles. The third kappa shape index (κ3) is 7.07. The molecule has 5 aromatic rings. The Morgan fingerprint density at radius 1 is 0.646 bits per heavy atom. The summed E-state index contributed by atoms with van der Waals surface area (Å²) >= 11 is 0. The average molecular weight is 624 g/mol. The van der Waals surface area contributed by atoms with Crippen molar-refractivity contribution in [2.45, 2.75) is 6.04 Å². The van der Waals surface area contributed by atoms with Gasteiger partial charge in [0.2, 0.25) is 0 Å². The quantitative estimate of drug-likeness (QED) is 0.210. The second-order valence-electron chi connectivity index (χ2n) is 11.9. The van der Waals surface area contributed by atoms with Crippen LogP contribution < -0.4 is 11.1 Å². The molecule has 1 aliphatic carbocycles. The van der Waals surface area contributed by atoms with E-state index < -0.39 is 0 Å². The summed E-state index contributed by atoms with van der Waals surface area (Å²) in [6, 6.07) is 40.2. The number of likely N-dealkylation sites (N-methyl/N-ethyl adjacent to an activating group) is 1. The lowest BCUT2D eigenvalue weighted by atomic mass is 9.90. The van der Waals surface area contributed by atoms with Gasteiger partial charge >= 0.3 is 0 Å². The standard InChI is InChI=1S/C24H22N2.C21H19N/c1-26-23-9-5-4-8-22(23)24(25)19-13-10-18(11-14-19)21-15-12-17-6-2-3-7-20(17)16-21;1-16-17(2)21-11-7-5-9-19(21)13-15-22(3)14-12-18-8-4-6-10-20(16)18/h2-16,23,26H,25H2,1H3;4-15H,1-2H2,3H3/b24-22-;14-12-,15-13-. The van der Waals surface area contributed by atoms with Gasteiger partial charge in [-0.15, -0.1) is 0 Å². The van der Waals surface area contributed by atoms with Crippen molar-refractivity contribution in [3.05, 3.63) is 199 Å². The van der Waals surface area contributed by atoms with Crippen LogP contribution in [0.15, 0.2) is 171 Å². The molecule has 0 spiro atoms. The first kappa shape index (κ1) is 32.1. The van der Waals surface area contributed by atoms with E-state index in [9.17, 15) is 0 Å². The average Bonchev–Trinajstić information content (AvgIpc) is 3.17. The first-order valence-electron chi connectivity index (χ1n) is 16.2. The van der Waals surface area contributed by atoms with Gasteiger partial charge < -0.3 is 16.0 Å². The van der Waals surface area contributed by atoms with Gasteiger partial charge in [-0.05, 0) is 91.7 Å². The number of hydrogen-bond acceptors (Lipinski definition) is 3. The molecule has 0 bridgehead atoms. The number of nitrogens with zero attached hydrogens (tertiary/aromatic N) is 1. The van der Waals surface area contributed by atoms with Gasteiger partial charge in [0.05, 0.1) is 6.04 Å². The van der Waals surface area contributed by atoms with Gasteiger partial charge in [0.25, 0.3) is 0 Å². The number of rotatable bonds is 3. The van der Waals surface area contributed by atoms with Gasteiger partial charge in [-0.3, -0.25) is 0 Å². The van der Waals surface area contributed by atoms with Crippen molar-refractivity contribution in [1.29, 1.82) is 0 Å². The molecule has 0 aromatic heterocycles. The maximum atomic E-state index is 6.45. The van der Waals surface area contributed by atoms with Crippen LogP contribution in [-0.2, 0) is 0 Å². The summed E-state index contributed by atoms with van der Waals surface area (Å²) in [6.07, 6.45) is 16.6. The van der Waals surface area contributed by atoms with Crippen LogP contribution in [0.4, 0.5) is 0 Å². The van der Waals surface area contributed by atoms with Crippen LogP contribution in [0.2, 0.25) is 0 Å². The van der Waals surface area contributed by atoms with Crippen LogP contribution >= 0.6 is 0 Å². The highest BCUT2D eigenvalue weighted by Crippen LogP contribution is 2.33. The Hall–Kier alpha value is -5.90. The zero-order chi connectivity index (χ0) is 33.5. The molecule has 0 saturated carbocycles. The van der Waals surface area contributed by atoms with Crippen LogP contribution in [0.5, 0.6) is 0 Å². The molecular weight excluding hydrogens is 583 g/mol. The normalized spacial score (nSPS) is 17.8. The van der Waals surface area contributed by atoms with E-state index in [2.05, 4.69) is 146 Å². The summed E-state index contributed by atoms with van der Waals surface area (Å²) in [5.41, 5.74) is 18.3. The van der Waals surface area contributed by atoms with Crippen molar-refractivity contribution < 1.29 is 0 Å². The molecule has 2 aliphatic rings. The van der Waals surface area contributed by atoms with Gasteiger partial charge in [-0.25, -0.2) is 0 Å². The van der Waals surface area contributed by atoms with Crippen molar-refractivity contribution >= 4 is 39.8 Å². The summed E-state index contributed by atoms with van der Waals surface area (Å²) in [5, 5.41) is 5.80. The smallest absolute Gasteiger partial charge is 0.0527 e. The van der Waals surface area contributed by atoms with E-state index in [0.717, 1.165) is 50.2 Å². The molecule has 0 radical (unpaired) electrons. The molecule has 1 atom stereocenters. The fourth-order valence-corrected chi connectivity index (χ4v) is 6.03. The molecule has 1 unspecified atom stereocenters. The molecule has 1 aliphatic heterocycles. The van der Waals surface area contributed by atoms with Crippen LogP contribution in [0, 0.1) is 0 Å². The molecule has 48 heavy (non-hydrogen) atoms. The highest BCUT2D eigenvalue weighted by Gasteiger charge is 2.14. The Morgan fingerprint density at radius 3 is 1.83 bits per heavy atom. The predicted octanol–water partition coefficient (Wildman–Crippen LogP) is 10.2. The lowest BCUT2D eigenvalue weighted by Gasteiger charge is -2.19. The molecule has 0 amide bonds. The highest BCUT2D eigenvalue weighted by atomic mass is 15.0. The van der Waals surface area contributed by atoms with Gasteiger partial charge in [-0.2, -0.15) is 0 Å². The molecule has 7 rings (SSSR count). The van der Waals surface area contributed by atoms with E-state index in [0.29, 0.717) is 0 Å². The SMILES string of the molecule is C=C1C(=C)c2ccccc2/C=C\N(C)/C=C\c2ccccc21.CNC1C=CC=C/C1=C(/N)c1ccc(-c2ccc3ccccc3c2)cc1. The Kier molecular flexibility index (Phi) is 9.80. The predicted molar refractivity (Wildman–Crippen MR) is 208 cm³/mol. The largest absolute Gasteiger partial charge is 0.398 e. The number of allylic oxidation sites excluding steroid dienone is 4. The topological polar surface area (TPSA) is 41.3 Å². The van der Waals surface area contributed by atoms with Crippen LogP contribution in [0.1, 0.15) is 27.8 Å². The fraction of sp³-hybridized carbons (Fsp3) is 0.0667. The monoisotopic (exact) mass is 623 g/mol. The van der Waals surface area contributed by atoms with Gasteiger partial charge in [0, 0.05) is 25.1 Å². The molecule has 5 aromatic carbocycles. The summed E-state index contributed by atoms with van der Waals surface area (Å²) < 4.78 is 0. The third-order valence-corrected chi connectivity index (χ3v) is 8.84. The zero-order valence-electron chi connectivity index (χ0n) is 27.6. The Bertz CT molecular complexity index is 2050. The Labute approximate surface area is 284 Å². The van der Waals surface area contributed by atoms with E-state index in [1.165, 1.54) is 21.9 Å². The van der Waals surface area contributed by atoms with Crippen molar-refractivity contribution in [2.24, 2.45) is 5.73 Å².